The molecule has 2 aromatic carbocycles. The van der Waals surface area contributed by atoms with Crippen molar-refractivity contribution >= 4 is 21.7 Å². The molecule has 0 aromatic heterocycles. The molecule has 1 saturated carbocycles. The summed E-state index contributed by atoms with van der Waals surface area (Å²) in [6, 6.07) is 12.8. The van der Waals surface area contributed by atoms with Crippen LogP contribution < -0.4 is 5.32 Å². The van der Waals surface area contributed by atoms with Gasteiger partial charge in [0.15, 0.2) is 0 Å². The highest BCUT2D eigenvalue weighted by Gasteiger charge is 2.35. The largest absolute Gasteiger partial charge is 0.480 e. The Morgan fingerprint density at radius 2 is 1.73 bits per heavy atom. The average molecular weight is 585 g/mol. The second kappa shape index (κ2) is 13.9. The summed E-state index contributed by atoms with van der Waals surface area (Å²) in [6.45, 7) is 3.39. The summed E-state index contributed by atoms with van der Waals surface area (Å²) < 4.78 is 29.2. The molecule has 0 bridgehead atoms. The predicted octanol–water partition coefficient (Wildman–Crippen LogP) is 4.84. The van der Waals surface area contributed by atoms with Crippen molar-refractivity contribution in [2.45, 2.75) is 83.0 Å². The van der Waals surface area contributed by atoms with Gasteiger partial charge >= 0.3 is 5.97 Å². The second-order valence-electron chi connectivity index (χ2n) is 11.9. The van der Waals surface area contributed by atoms with Crippen molar-refractivity contribution in [3.05, 3.63) is 59.2 Å². The van der Waals surface area contributed by atoms with E-state index in [2.05, 4.69) is 10.2 Å². The molecule has 2 fully saturated rings. The van der Waals surface area contributed by atoms with Crippen LogP contribution in [0.4, 0.5) is 0 Å². The maximum Gasteiger partial charge on any atom is 0.327 e. The van der Waals surface area contributed by atoms with Crippen LogP contribution in [0.5, 0.6) is 0 Å². The summed E-state index contributed by atoms with van der Waals surface area (Å²) in [5.74, 6) is -1.90. The number of nitrogens with zero attached hydrogens (tertiary/aromatic N) is 1. The lowest BCUT2D eigenvalue weighted by molar-refractivity contribution is -0.138. The van der Waals surface area contributed by atoms with Gasteiger partial charge in [0.2, 0.25) is 0 Å². The number of nitrogens with one attached hydrogen (secondary N) is 1. The highest BCUT2D eigenvalue weighted by atomic mass is 32.2. The summed E-state index contributed by atoms with van der Waals surface area (Å²) >= 11 is 0. The first kappa shape index (κ1) is 31.2. The first-order chi connectivity index (χ1) is 19.6. The zero-order valence-corrected chi connectivity index (χ0v) is 25.3. The monoisotopic (exact) mass is 584 g/mol. The number of hydrogen-bond acceptors (Lipinski definition) is 6. The zero-order chi connectivity index (χ0) is 29.6. The molecule has 0 unspecified atom stereocenters. The molecular weight excluding hydrogens is 540 g/mol. The number of hydrogen-bond donors (Lipinski definition) is 2. The molecule has 1 aliphatic carbocycles. The number of likely N-dealkylation sites (tertiary alicyclic amines) is 1. The lowest BCUT2D eigenvalue weighted by Crippen LogP contribution is -2.45. The quantitative estimate of drug-likeness (QED) is 0.367. The number of ether oxygens (including phenoxy) is 1. The maximum atomic E-state index is 13.4. The van der Waals surface area contributed by atoms with Gasteiger partial charge in [-0.05, 0) is 66.5 Å². The molecule has 8 nitrogen and oxygen atoms in total. The number of amides is 1. The molecule has 0 spiro atoms. The van der Waals surface area contributed by atoms with E-state index in [0.29, 0.717) is 29.8 Å². The van der Waals surface area contributed by atoms with Gasteiger partial charge in [-0.25, -0.2) is 13.2 Å². The number of carboxylic acids is 1. The summed E-state index contributed by atoms with van der Waals surface area (Å²) in [4.78, 5) is 27.8. The van der Waals surface area contributed by atoms with E-state index >= 15 is 0 Å². The van der Waals surface area contributed by atoms with Crippen LogP contribution in [0, 0.1) is 12.8 Å². The molecule has 9 heteroatoms. The molecule has 224 valence electrons. The number of aryl methyl sites for hydroxylation is 1. The van der Waals surface area contributed by atoms with Gasteiger partial charge in [0.1, 0.15) is 15.9 Å². The van der Waals surface area contributed by atoms with Crippen molar-refractivity contribution in [3.63, 3.8) is 0 Å². The molecule has 2 N–H and O–H groups in total. The van der Waals surface area contributed by atoms with Gasteiger partial charge in [-0.2, -0.15) is 0 Å². The van der Waals surface area contributed by atoms with Crippen LogP contribution in [0.2, 0.25) is 0 Å². The first-order valence-electron chi connectivity index (χ1n) is 14.7. The van der Waals surface area contributed by atoms with Crippen LogP contribution >= 0.6 is 0 Å². The molecule has 1 heterocycles. The highest BCUT2D eigenvalue weighted by molar-refractivity contribution is 7.90. The zero-order valence-electron chi connectivity index (χ0n) is 24.5. The molecule has 41 heavy (non-hydrogen) atoms. The molecule has 0 radical (unpaired) electrons. The van der Waals surface area contributed by atoms with Crippen LogP contribution in [0.25, 0.3) is 11.1 Å². The third-order valence-corrected chi connectivity index (χ3v) is 9.60. The number of carbonyl (C=O) groups excluding carboxylic acids is 1. The fourth-order valence-corrected chi connectivity index (χ4v) is 7.45. The molecule has 1 amide bonds. The van der Waals surface area contributed by atoms with Crippen molar-refractivity contribution in [1.82, 2.24) is 10.2 Å². The standard InChI is InChI=1S/C32H44N2O6S/c1-22-9-7-8-12-27(22)29-18-24(13-16-28(29)31(35)33-30(32(36)37)21-41(3,38)39)19-34-25(14-15-26(34)20-40-2)17-23-10-5-4-6-11-23/h7-9,12-13,16,18,23,25-26,30H,4-6,10-11,14-15,17,19-21H2,1-3H3,(H,33,35)(H,36,37)/t25-,26-,30+/m1/s1. The summed E-state index contributed by atoms with van der Waals surface area (Å²) in [5.41, 5.74) is 3.95. The van der Waals surface area contributed by atoms with E-state index in [1.165, 1.54) is 38.5 Å². The Morgan fingerprint density at radius 1 is 1.02 bits per heavy atom. The maximum absolute atomic E-state index is 13.4. The second-order valence-corrected chi connectivity index (χ2v) is 14.1. The number of methoxy groups -OCH3 is 1. The Kier molecular flexibility index (Phi) is 10.6. The van der Waals surface area contributed by atoms with E-state index in [1.807, 2.05) is 43.3 Å². The minimum Gasteiger partial charge on any atom is -0.480 e. The molecular formula is C32H44N2O6S. The molecule has 1 saturated heterocycles. The lowest BCUT2D eigenvalue weighted by Gasteiger charge is -2.33. The van der Waals surface area contributed by atoms with Gasteiger partial charge < -0.3 is 15.2 Å². The Hall–Kier alpha value is -2.75. The van der Waals surface area contributed by atoms with Crippen molar-refractivity contribution in [2.24, 2.45) is 5.92 Å². The van der Waals surface area contributed by atoms with Crippen LogP contribution in [0.3, 0.4) is 0 Å². The van der Waals surface area contributed by atoms with Crippen molar-refractivity contribution in [2.75, 3.05) is 25.7 Å². The SMILES string of the molecule is COC[C@H]1CC[C@H](CC2CCCCC2)N1Cc1ccc(C(=O)N[C@@H](CS(C)(=O)=O)C(=O)O)c(-c2ccccc2C)c1. The number of rotatable bonds is 12. The van der Waals surface area contributed by atoms with E-state index in [9.17, 15) is 23.1 Å². The van der Waals surface area contributed by atoms with Gasteiger partial charge in [-0.1, -0.05) is 62.4 Å². The van der Waals surface area contributed by atoms with Crippen LogP contribution in [0.1, 0.15) is 72.9 Å². The third kappa shape index (κ3) is 8.40. The van der Waals surface area contributed by atoms with Crippen molar-refractivity contribution < 1.29 is 27.9 Å². The summed E-state index contributed by atoms with van der Waals surface area (Å²) in [5, 5.41) is 12.0. The van der Waals surface area contributed by atoms with Crippen molar-refractivity contribution in [3.8, 4) is 11.1 Å². The Labute approximate surface area is 244 Å². The van der Waals surface area contributed by atoms with Gasteiger partial charge in [0, 0.05) is 37.6 Å². The smallest absolute Gasteiger partial charge is 0.327 e. The van der Waals surface area contributed by atoms with Gasteiger partial charge in [-0.15, -0.1) is 0 Å². The van der Waals surface area contributed by atoms with E-state index < -0.39 is 33.5 Å². The predicted molar refractivity (Wildman–Crippen MR) is 161 cm³/mol. The number of benzene rings is 2. The van der Waals surface area contributed by atoms with E-state index in [0.717, 1.165) is 48.3 Å². The van der Waals surface area contributed by atoms with Crippen LogP contribution in [0.15, 0.2) is 42.5 Å². The Morgan fingerprint density at radius 3 is 2.39 bits per heavy atom. The van der Waals surface area contributed by atoms with E-state index in [-0.39, 0.29) is 0 Å². The molecule has 2 aromatic rings. The first-order valence-corrected chi connectivity index (χ1v) is 16.8. The summed E-state index contributed by atoms with van der Waals surface area (Å²) in [7, 11) is -1.87. The van der Waals surface area contributed by atoms with Crippen molar-refractivity contribution in [1.29, 1.82) is 0 Å². The highest BCUT2D eigenvalue weighted by Crippen LogP contribution is 2.36. The fraction of sp³-hybridized carbons (Fsp3) is 0.562. The topological polar surface area (TPSA) is 113 Å². The lowest BCUT2D eigenvalue weighted by atomic mass is 9.84. The fourth-order valence-electron chi connectivity index (χ4n) is 6.62. The van der Waals surface area contributed by atoms with Gasteiger partial charge in [0.25, 0.3) is 5.91 Å². The van der Waals surface area contributed by atoms with Crippen LogP contribution in [-0.2, 0) is 25.9 Å². The summed E-state index contributed by atoms with van der Waals surface area (Å²) in [6.07, 6.45) is 11.1. The Balaban J connectivity index is 1.64. The minimum atomic E-state index is -3.62. The van der Waals surface area contributed by atoms with Gasteiger partial charge in [0.05, 0.1) is 12.4 Å². The van der Waals surface area contributed by atoms with E-state index in [1.54, 1.807) is 13.2 Å². The number of sulfone groups is 1. The number of carbonyl (C=O) groups is 2. The number of aliphatic carboxylic acids is 1. The third-order valence-electron chi connectivity index (χ3n) is 8.66. The molecule has 2 aliphatic rings. The number of carboxylic acid groups (broad SMARTS) is 1. The van der Waals surface area contributed by atoms with Gasteiger partial charge in [-0.3, -0.25) is 9.69 Å². The minimum absolute atomic E-state index is 0.316. The van der Waals surface area contributed by atoms with E-state index in [4.69, 9.17) is 4.74 Å². The molecule has 4 rings (SSSR count). The normalized spacial score (nSPS) is 21.0. The van der Waals surface area contributed by atoms with Crippen LogP contribution in [-0.4, -0.2) is 74.2 Å². The average Bonchev–Trinajstić information content (AvgIpc) is 3.28. The molecule has 3 atom stereocenters. The molecule has 1 aliphatic heterocycles. The Bertz CT molecular complexity index is 1320.